The third-order valence-electron chi connectivity index (χ3n) is 8.84. The molecule has 0 spiro atoms. The number of ether oxygens (including phenoxy) is 1. The summed E-state index contributed by atoms with van der Waals surface area (Å²) in [4.78, 5) is 38.4. The third-order valence-corrected chi connectivity index (χ3v) is 8.84. The summed E-state index contributed by atoms with van der Waals surface area (Å²) >= 11 is 0. The number of hydrogen-bond donors (Lipinski definition) is 2. The molecule has 0 bridgehead atoms. The molecule has 46 heavy (non-hydrogen) atoms. The van der Waals surface area contributed by atoms with Crippen molar-refractivity contribution < 1.29 is 28.9 Å². The molecule has 10 heteroatoms. The van der Waals surface area contributed by atoms with Crippen molar-refractivity contribution in [2.75, 3.05) is 44.7 Å². The number of halogens is 1. The quantitative estimate of drug-likeness (QED) is 0.134. The van der Waals surface area contributed by atoms with E-state index in [0.717, 1.165) is 32.0 Å². The van der Waals surface area contributed by atoms with E-state index in [1.807, 2.05) is 18.9 Å². The molecule has 9 nitrogen and oxygen atoms in total. The Labute approximate surface area is 273 Å². The van der Waals surface area contributed by atoms with E-state index < -0.39 is 23.2 Å². The molecular formula is C36H54FN3O6. The highest BCUT2D eigenvalue weighted by Gasteiger charge is 2.31. The Morgan fingerprint density at radius 3 is 2.11 bits per heavy atom. The molecule has 2 N–H and O–H groups in total. The Kier molecular flexibility index (Phi) is 15.6. The molecule has 0 aliphatic carbocycles. The van der Waals surface area contributed by atoms with E-state index in [2.05, 4.69) is 24.0 Å². The Morgan fingerprint density at radius 1 is 0.935 bits per heavy atom. The summed E-state index contributed by atoms with van der Waals surface area (Å²) < 4.78 is 22.6. The number of carbonyl (C=O) groups is 2. The van der Waals surface area contributed by atoms with Crippen molar-refractivity contribution in [2.24, 2.45) is 0 Å². The molecule has 2 aliphatic heterocycles. The van der Waals surface area contributed by atoms with Gasteiger partial charge in [-0.3, -0.25) is 9.59 Å². The molecule has 4 rings (SSSR count). The van der Waals surface area contributed by atoms with Gasteiger partial charge in [0.2, 0.25) is 5.43 Å². The first kappa shape index (κ1) is 37.1. The number of aliphatic carboxylic acids is 1. The largest absolute Gasteiger partial charge is 0.487 e. The number of unbranched alkanes of at least 4 members (excludes halogenated alkanes) is 11. The van der Waals surface area contributed by atoms with E-state index >= 15 is 0 Å². The normalized spacial score (nSPS) is 16.3. The van der Waals surface area contributed by atoms with Crippen LogP contribution in [0.25, 0.3) is 10.9 Å². The second-order valence-electron chi connectivity index (χ2n) is 12.7. The lowest BCUT2D eigenvalue weighted by molar-refractivity contribution is -0.137. The van der Waals surface area contributed by atoms with Crippen molar-refractivity contribution in [3.8, 4) is 5.75 Å². The van der Waals surface area contributed by atoms with Crippen LogP contribution in [0.3, 0.4) is 0 Å². The third kappa shape index (κ3) is 10.9. The highest BCUT2D eigenvalue weighted by atomic mass is 19.1. The van der Waals surface area contributed by atoms with Crippen molar-refractivity contribution in [1.82, 2.24) is 9.47 Å². The van der Waals surface area contributed by atoms with Crippen molar-refractivity contribution in [3.05, 3.63) is 46.0 Å². The maximum Gasteiger partial charge on any atom is 0.341 e. The minimum Gasteiger partial charge on any atom is -0.487 e. The van der Waals surface area contributed by atoms with Crippen LogP contribution in [0.2, 0.25) is 0 Å². The SMILES string of the molecule is CCCCCCCCC=CCCCCCCCC(=O)O.C[C@H]1COc2c(N3CCN(C)CC3)c(F)cc3c(=O)c(C(=O)O)cn1c23. The van der Waals surface area contributed by atoms with Crippen molar-refractivity contribution in [2.45, 2.75) is 110 Å². The van der Waals surface area contributed by atoms with Crippen molar-refractivity contribution in [3.63, 3.8) is 0 Å². The number of allylic oxidation sites excluding steroid dienone is 2. The average Bonchev–Trinajstić information content (AvgIpc) is 3.02. The van der Waals surface area contributed by atoms with Gasteiger partial charge in [-0.05, 0) is 52.1 Å². The lowest BCUT2D eigenvalue weighted by Gasteiger charge is -2.37. The Bertz CT molecular complexity index is 1370. The van der Waals surface area contributed by atoms with Gasteiger partial charge in [0, 0.05) is 38.8 Å². The monoisotopic (exact) mass is 643 g/mol. The van der Waals surface area contributed by atoms with Gasteiger partial charge in [-0.15, -0.1) is 0 Å². The van der Waals surface area contributed by atoms with Gasteiger partial charge >= 0.3 is 11.9 Å². The van der Waals surface area contributed by atoms with E-state index in [0.29, 0.717) is 36.5 Å². The number of carboxylic acid groups (broad SMARTS) is 2. The van der Waals surface area contributed by atoms with Crippen LogP contribution < -0.4 is 15.1 Å². The number of hydrogen-bond acceptors (Lipinski definition) is 6. The topological polar surface area (TPSA) is 112 Å². The minimum absolute atomic E-state index is 0.0434. The van der Waals surface area contributed by atoms with Gasteiger partial charge in [0.1, 0.15) is 17.9 Å². The van der Waals surface area contributed by atoms with Crippen molar-refractivity contribution >= 4 is 28.5 Å². The zero-order chi connectivity index (χ0) is 33.5. The number of rotatable bonds is 17. The second kappa shape index (κ2) is 19.3. The van der Waals surface area contributed by atoms with Gasteiger partial charge in [0.05, 0.1) is 16.9 Å². The minimum atomic E-state index is -1.32. The van der Waals surface area contributed by atoms with Crippen LogP contribution in [0.4, 0.5) is 10.1 Å². The molecule has 0 amide bonds. The number of piperazine rings is 1. The molecular weight excluding hydrogens is 589 g/mol. The Hall–Kier alpha value is -3.40. The lowest BCUT2D eigenvalue weighted by Crippen LogP contribution is -2.45. The maximum absolute atomic E-state index is 15.0. The van der Waals surface area contributed by atoms with Crippen LogP contribution in [-0.2, 0) is 4.79 Å². The van der Waals surface area contributed by atoms with Gasteiger partial charge in [-0.2, -0.15) is 0 Å². The average molecular weight is 644 g/mol. The lowest BCUT2D eigenvalue weighted by atomic mass is 10.1. The number of carboxylic acids is 2. The van der Waals surface area contributed by atoms with Gasteiger partial charge in [-0.25, -0.2) is 9.18 Å². The van der Waals surface area contributed by atoms with Crippen LogP contribution in [0.5, 0.6) is 5.75 Å². The molecule has 2 aromatic rings. The zero-order valence-corrected chi connectivity index (χ0v) is 28.1. The predicted octanol–water partition coefficient (Wildman–Crippen LogP) is 7.65. The number of nitrogens with zero attached hydrogens (tertiary/aromatic N) is 3. The summed E-state index contributed by atoms with van der Waals surface area (Å²) in [6.45, 7) is 7.33. The Balaban J connectivity index is 0.000000262. The molecule has 1 aromatic carbocycles. The summed E-state index contributed by atoms with van der Waals surface area (Å²) in [7, 11) is 2.02. The fourth-order valence-corrected chi connectivity index (χ4v) is 6.04. The first-order chi connectivity index (χ1) is 22.1. The number of aromatic carboxylic acids is 1. The molecule has 0 saturated carbocycles. The standard InChI is InChI=1S/C18H20FN3O4.C18H34O2/c1-10-9-26-17-14-11(16(23)12(18(24)25)8-22(10)14)7-13(19)15(17)21-5-3-20(2)4-6-21;1-2-3-4-5-6-7-8-9-10-11-12-13-14-15-16-17-18(19)20/h7-8,10H,3-6,9H2,1-2H3,(H,24,25);9-10H,2-8,11-17H2,1H3,(H,19,20)/t10-;/m0./s1. The van der Waals surface area contributed by atoms with Gasteiger partial charge in [0.15, 0.2) is 11.6 Å². The molecule has 2 aliphatic rings. The maximum atomic E-state index is 15.0. The predicted molar refractivity (Wildman–Crippen MR) is 182 cm³/mol. The first-order valence-electron chi connectivity index (χ1n) is 17.2. The van der Waals surface area contributed by atoms with Gasteiger partial charge in [0.25, 0.3) is 0 Å². The summed E-state index contributed by atoms with van der Waals surface area (Å²) in [6, 6.07) is 0.994. The van der Waals surface area contributed by atoms with E-state index in [4.69, 9.17) is 9.84 Å². The van der Waals surface area contributed by atoms with Gasteiger partial charge in [-0.1, -0.05) is 70.4 Å². The second-order valence-corrected chi connectivity index (χ2v) is 12.7. The summed E-state index contributed by atoms with van der Waals surface area (Å²) in [5.74, 6) is -2.21. The number of pyridine rings is 1. The number of likely N-dealkylation sites (N-methyl/N-ethyl adjacent to an activating group) is 1. The first-order valence-corrected chi connectivity index (χ1v) is 17.2. The fourth-order valence-electron chi connectivity index (χ4n) is 6.04. The molecule has 1 fully saturated rings. The molecule has 3 heterocycles. The number of aromatic nitrogens is 1. The van der Waals surface area contributed by atoms with Crippen LogP contribution in [0, 0.1) is 5.82 Å². The van der Waals surface area contributed by atoms with E-state index in [1.54, 1.807) is 4.57 Å². The molecule has 1 aromatic heterocycles. The summed E-state index contributed by atoms with van der Waals surface area (Å²) in [5, 5.41) is 17.9. The number of anilines is 1. The highest BCUT2D eigenvalue weighted by Crippen LogP contribution is 2.42. The van der Waals surface area contributed by atoms with E-state index in [9.17, 15) is 23.9 Å². The Morgan fingerprint density at radius 2 is 1.52 bits per heavy atom. The van der Waals surface area contributed by atoms with Crippen molar-refractivity contribution in [1.29, 1.82) is 0 Å². The molecule has 0 radical (unpaired) electrons. The van der Waals surface area contributed by atoms with Crippen LogP contribution in [-0.4, -0.2) is 71.5 Å². The van der Waals surface area contributed by atoms with E-state index in [1.165, 1.54) is 76.8 Å². The molecule has 256 valence electrons. The van der Waals surface area contributed by atoms with Crippen LogP contribution in [0.15, 0.2) is 29.2 Å². The molecule has 0 unspecified atom stereocenters. The van der Waals surface area contributed by atoms with Crippen LogP contribution in [0.1, 0.15) is 120 Å². The van der Waals surface area contributed by atoms with Crippen LogP contribution >= 0.6 is 0 Å². The molecule has 1 atom stereocenters. The zero-order valence-electron chi connectivity index (χ0n) is 28.1. The summed E-state index contributed by atoms with van der Waals surface area (Å²) in [5.41, 5.74) is -0.224. The number of benzene rings is 1. The highest BCUT2D eigenvalue weighted by molar-refractivity contribution is 5.97. The van der Waals surface area contributed by atoms with Gasteiger partial charge < -0.3 is 29.3 Å². The van der Waals surface area contributed by atoms with E-state index in [-0.39, 0.29) is 23.6 Å². The fraction of sp³-hybridized carbons (Fsp3) is 0.639. The summed E-state index contributed by atoms with van der Waals surface area (Å²) in [6.07, 6.45) is 22.6. The molecule has 1 saturated heterocycles. The smallest absolute Gasteiger partial charge is 0.341 e.